The predicted octanol–water partition coefficient (Wildman–Crippen LogP) is -1.54. The van der Waals surface area contributed by atoms with Gasteiger partial charge in [0.15, 0.2) is 0 Å². The van der Waals surface area contributed by atoms with Crippen molar-refractivity contribution in [2.45, 2.75) is 23.8 Å². The summed E-state index contributed by atoms with van der Waals surface area (Å²) in [6, 6.07) is 0. The first-order valence-corrected chi connectivity index (χ1v) is 8.86. The average molecular weight is 357 g/mol. The molecule has 0 aromatic heterocycles. The summed E-state index contributed by atoms with van der Waals surface area (Å²) in [5.41, 5.74) is 11.1. The van der Waals surface area contributed by atoms with Gasteiger partial charge in [-0.05, 0) is 21.0 Å². The van der Waals surface area contributed by atoms with Crippen molar-refractivity contribution in [2.75, 3.05) is 51.0 Å². The molecule has 0 aliphatic carbocycles. The number of rotatable bonds is 12. The van der Waals surface area contributed by atoms with Gasteiger partial charge in [0.05, 0.1) is 11.3 Å². The van der Waals surface area contributed by atoms with Crippen LogP contribution in [0.25, 0.3) is 0 Å². The van der Waals surface area contributed by atoms with Crippen molar-refractivity contribution in [1.29, 1.82) is 0 Å². The Kier molecular flexibility index (Phi) is 10.2. The van der Waals surface area contributed by atoms with Gasteiger partial charge >= 0.3 is 0 Å². The Balaban J connectivity index is 4.59. The van der Waals surface area contributed by atoms with Crippen LogP contribution in [0.1, 0.15) is 6.92 Å². The highest BCUT2D eigenvalue weighted by atomic mass is 32.1. The molecule has 0 heterocycles. The molecular weight excluding hydrogens is 324 g/mol. The van der Waals surface area contributed by atoms with Crippen molar-refractivity contribution < 1.29 is 0 Å². The zero-order valence-electron chi connectivity index (χ0n) is 13.2. The molecule has 0 saturated heterocycles. The number of hydrogen-bond acceptors (Lipinski definition) is 9. The van der Waals surface area contributed by atoms with Gasteiger partial charge in [-0.2, -0.15) is 37.9 Å². The molecule has 0 fully saturated rings. The van der Waals surface area contributed by atoms with Gasteiger partial charge in [0.2, 0.25) is 0 Å². The fourth-order valence-electron chi connectivity index (χ4n) is 1.63. The summed E-state index contributed by atoms with van der Waals surface area (Å²) in [5.74, 6) is 1.71. The molecule has 0 aromatic carbocycles. The van der Waals surface area contributed by atoms with Gasteiger partial charge in [0.25, 0.3) is 0 Å². The maximum Gasteiger partial charge on any atom is 0.0880 e. The molecule has 0 rings (SSSR count). The van der Waals surface area contributed by atoms with Crippen molar-refractivity contribution >= 4 is 37.9 Å². The third-order valence-electron chi connectivity index (χ3n) is 3.56. The van der Waals surface area contributed by atoms with Gasteiger partial charge in [-0.15, -0.1) is 0 Å². The lowest BCUT2D eigenvalue weighted by Gasteiger charge is -2.38. The van der Waals surface area contributed by atoms with E-state index in [0.29, 0.717) is 36.9 Å². The SMILES string of the molecule is CNC[C@](N)(CS)NC[C@](C)(CS)NC[C@](N)(CS)NC. The zero-order chi connectivity index (χ0) is 16.6. The lowest BCUT2D eigenvalue weighted by Crippen LogP contribution is -2.68. The van der Waals surface area contributed by atoms with Crippen LogP contribution in [0.4, 0.5) is 0 Å². The minimum Gasteiger partial charge on any atom is -0.317 e. The van der Waals surface area contributed by atoms with Crippen LogP contribution in [0.5, 0.6) is 0 Å². The predicted molar refractivity (Wildman–Crippen MR) is 103 cm³/mol. The zero-order valence-corrected chi connectivity index (χ0v) is 15.9. The molecule has 8 N–H and O–H groups in total. The Morgan fingerprint density at radius 3 is 1.76 bits per heavy atom. The van der Waals surface area contributed by atoms with Gasteiger partial charge in [-0.3, -0.25) is 5.32 Å². The van der Waals surface area contributed by atoms with Crippen LogP contribution in [0, 0.1) is 0 Å². The van der Waals surface area contributed by atoms with E-state index in [1.54, 1.807) is 0 Å². The van der Waals surface area contributed by atoms with Crippen LogP contribution in [0.3, 0.4) is 0 Å². The summed E-state index contributed by atoms with van der Waals surface area (Å²) in [7, 11) is 3.69. The van der Waals surface area contributed by atoms with Crippen LogP contribution in [-0.2, 0) is 0 Å². The second-order valence-corrected chi connectivity index (χ2v) is 6.78. The summed E-state index contributed by atoms with van der Waals surface area (Å²) in [5, 5.41) is 13.0. The highest BCUT2D eigenvalue weighted by Crippen LogP contribution is 2.09. The van der Waals surface area contributed by atoms with Gasteiger partial charge in [0.1, 0.15) is 0 Å². The fourth-order valence-corrected chi connectivity index (χ4v) is 2.35. The van der Waals surface area contributed by atoms with Crippen LogP contribution in [0.15, 0.2) is 0 Å². The third-order valence-corrected chi connectivity index (χ3v) is 5.39. The summed E-state index contributed by atoms with van der Waals surface area (Å²) < 4.78 is 0. The molecule has 0 radical (unpaired) electrons. The van der Waals surface area contributed by atoms with Crippen molar-refractivity contribution in [2.24, 2.45) is 11.5 Å². The number of nitrogens with two attached hydrogens (primary N) is 2. The van der Waals surface area contributed by atoms with E-state index in [1.165, 1.54) is 0 Å². The minimum absolute atomic E-state index is 0.241. The van der Waals surface area contributed by atoms with E-state index < -0.39 is 11.3 Å². The second-order valence-electron chi connectivity index (χ2n) is 5.83. The second kappa shape index (κ2) is 9.84. The molecule has 0 aliphatic rings. The van der Waals surface area contributed by atoms with Crippen molar-refractivity contribution in [3.63, 3.8) is 0 Å². The Bertz CT molecular complexity index is 292. The standard InChI is InChI=1S/C12H32N6S3/c1-10(7-19,17-6-11(13,8-20)16-3)4-18-12(14,9-21)5-15-2/h15-21H,4-9,13-14H2,1-3H3/t10-,11-,12-/m1/s1. The highest BCUT2D eigenvalue weighted by molar-refractivity contribution is 7.80. The lowest BCUT2D eigenvalue weighted by molar-refractivity contribution is 0.268. The largest absolute Gasteiger partial charge is 0.317 e. The molecule has 6 nitrogen and oxygen atoms in total. The monoisotopic (exact) mass is 356 g/mol. The molecule has 21 heavy (non-hydrogen) atoms. The topological polar surface area (TPSA) is 100 Å². The maximum absolute atomic E-state index is 6.25. The lowest BCUT2D eigenvalue weighted by atomic mass is 10.0. The quantitative estimate of drug-likeness (QED) is 0.155. The summed E-state index contributed by atoms with van der Waals surface area (Å²) in [6.45, 7) is 3.95. The van der Waals surface area contributed by atoms with E-state index >= 15 is 0 Å². The summed E-state index contributed by atoms with van der Waals surface area (Å²) in [4.78, 5) is 0. The first-order chi connectivity index (χ1) is 9.72. The number of hydrogen-bond donors (Lipinski definition) is 9. The van der Waals surface area contributed by atoms with Crippen LogP contribution >= 0.6 is 37.9 Å². The smallest absolute Gasteiger partial charge is 0.0880 e. The fraction of sp³-hybridized carbons (Fsp3) is 1.00. The van der Waals surface area contributed by atoms with E-state index in [9.17, 15) is 0 Å². The van der Waals surface area contributed by atoms with Gasteiger partial charge in [0, 0.05) is 42.4 Å². The van der Waals surface area contributed by atoms with E-state index in [4.69, 9.17) is 11.5 Å². The van der Waals surface area contributed by atoms with Crippen LogP contribution in [0.2, 0.25) is 0 Å². The van der Waals surface area contributed by atoms with E-state index in [2.05, 4.69) is 66.1 Å². The Morgan fingerprint density at radius 1 is 0.810 bits per heavy atom. The molecule has 0 aromatic rings. The Labute approximate surface area is 145 Å². The van der Waals surface area contributed by atoms with Crippen molar-refractivity contribution in [3.8, 4) is 0 Å². The molecule has 0 amide bonds. The molecule has 0 saturated carbocycles. The summed E-state index contributed by atoms with van der Waals surface area (Å²) >= 11 is 13.0. The van der Waals surface area contributed by atoms with E-state index in [0.717, 1.165) is 0 Å². The average Bonchev–Trinajstić information content (AvgIpc) is 2.51. The summed E-state index contributed by atoms with van der Waals surface area (Å²) in [6.07, 6.45) is 0. The Hall–Kier alpha value is 0.810. The number of thiol groups is 3. The van der Waals surface area contributed by atoms with Crippen molar-refractivity contribution in [3.05, 3.63) is 0 Å². The number of likely N-dealkylation sites (N-methyl/N-ethyl adjacent to an activating group) is 2. The molecule has 0 aliphatic heterocycles. The van der Waals surface area contributed by atoms with Crippen molar-refractivity contribution in [1.82, 2.24) is 21.3 Å². The first kappa shape index (κ1) is 21.8. The molecule has 0 bridgehead atoms. The maximum atomic E-state index is 6.25. The molecule has 9 heteroatoms. The highest BCUT2D eigenvalue weighted by Gasteiger charge is 2.31. The molecule has 0 unspecified atom stereocenters. The van der Waals surface area contributed by atoms with Gasteiger partial charge in [-0.25, -0.2) is 0 Å². The third kappa shape index (κ3) is 7.76. The molecular formula is C12H32N6S3. The molecule has 0 spiro atoms. The molecule has 3 atom stereocenters. The minimum atomic E-state index is -0.559. The first-order valence-electron chi connectivity index (χ1n) is 6.96. The Morgan fingerprint density at radius 2 is 1.38 bits per heavy atom. The van der Waals surface area contributed by atoms with Crippen LogP contribution in [-0.4, -0.2) is 67.9 Å². The van der Waals surface area contributed by atoms with Gasteiger partial charge in [-0.1, -0.05) is 0 Å². The van der Waals surface area contributed by atoms with E-state index in [1.807, 2.05) is 14.1 Å². The number of nitrogens with one attached hydrogen (secondary N) is 4. The van der Waals surface area contributed by atoms with Crippen LogP contribution < -0.4 is 32.7 Å². The molecule has 128 valence electrons. The van der Waals surface area contributed by atoms with E-state index in [-0.39, 0.29) is 5.54 Å². The normalized spacial score (nSPS) is 20.6. The van der Waals surface area contributed by atoms with Gasteiger partial charge < -0.3 is 27.4 Å².